The van der Waals surface area contributed by atoms with Gasteiger partial charge >= 0.3 is 5.97 Å². The minimum atomic E-state index is -3.53. The molecule has 1 fully saturated rings. The smallest absolute Gasteiger partial charge is 0.306 e. The third-order valence-electron chi connectivity index (χ3n) is 3.59. The summed E-state index contributed by atoms with van der Waals surface area (Å²) in [5.41, 5.74) is 0.512. The van der Waals surface area contributed by atoms with E-state index in [-0.39, 0.29) is 16.9 Å². The van der Waals surface area contributed by atoms with Crippen LogP contribution in [0.15, 0.2) is 29.2 Å². The number of hydrogen-bond acceptors (Lipinski definition) is 4. The van der Waals surface area contributed by atoms with Gasteiger partial charge in [0.25, 0.3) is 0 Å². The van der Waals surface area contributed by atoms with E-state index in [1.165, 1.54) is 13.1 Å². The highest BCUT2D eigenvalue weighted by Gasteiger charge is 2.30. The second kappa shape index (κ2) is 5.80. The van der Waals surface area contributed by atoms with Gasteiger partial charge in [-0.15, -0.1) is 0 Å². The summed E-state index contributed by atoms with van der Waals surface area (Å²) in [6.45, 7) is 0. The zero-order valence-corrected chi connectivity index (χ0v) is 12.0. The summed E-state index contributed by atoms with van der Waals surface area (Å²) < 4.78 is 26.1. The van der Waals surface area contributed by atoms with Gasteiger partial charge < -0.3 is 10.4 Å². The van der Waals surface area contributed by atoms with E-state index < -0.39 is 16.0 Å². The minimum absolute atomic E-state index is 0.00990. The molecule has 7 heteroatoms. The van der Waals surface area contributed by atoms with Gasteiger partial charge in [0.05, 0.1) is 11.6 Å². The third-order valence-corrected chi connectivity index (χ3v) is 5.06. The average molecular weight is 298 g/mol. The van der Waals surface area contributed by atoms with Gasteiger partial charge in [0.1, 0.15) is 4.90 Å². The predicted octanol–water partition coefficient (Wildman–Crippen LogP) is 1.26. The predicted molar refractivity (Wildman–Crippen MR) is 75.1 cm³/mol. The maximum atomic E-state index is 11.9. The number of hydrogen-bond donors (Lipinski definition) is 3. The molecule has 0 spiro atoms. The van der Waals surface area contributed by atoms with Crippen molar-refractivity contribution in [2.24, 2.45) is 5.92 Å². The molecule has 0 heterocycles. The molecule has 20 heavy (non-hydrogen) atoms. The number of sulfonamides is 1. The van der Waals surface area contributed by atoms with Crippen molar-refractivity contribution in [3.8, 4) is 0 Å². The molecule has 1 aromatic rings. The van der Waals surface area contributed by atoms with Gasteiger partial charge in [0, 0.05) is 6.04 Å². The van der Waals surface area contributed by atoms with Crippen LogP contribution in [0.3, 0.4) is 0 Å². The Kier molecular flexibility index (Phi) is 4.29. The van der Waals surface area contributed by atoms with Crippen molar-refractivity contribution in [1.29, 1.82) is 0 Å². The average Bonchev–Trinajstić information content (AvgIpc) is 2.88. The number of carboxylic acid groups (broad SMARTS) is 1. The molecule has 1 aromatic carbocycles. The number of rotatable bonds is 5. The van der Waals surface area contributed by atoms with E-state index in [0.717, 1.165) is 6.42 Å². The lowest BCUT2D eigenvalue weighted by Gasteiger charge is -2.17. The Hall–Kier alpha value is -1.60. The molecular formula is C13H18N2O4S. The molecule has 0 aliphatic heterocycles. The largest absolute Gasteiger partial charge is 0.481 e. The standard InChI is InChI=1S/C13H18N2O4S/c1-14-20(18,19)12-5-3-2-4-11(12)15-10-7-6-9(8-10)13(16)17/h2-5,9-10,14-15H,6-8H2,1H3,(H,16,17)/t9-,10+/m1/s1. The highest BCUT2D eigenvalue weighted by Crippen LogP contribution is 2.30. The molecular weight excluding hydrogens is 280 g/mol. The highest BCUT2D eigenvalue weighted by molar-refractivity contribution is 7.89. The molecule has 0 amide bonds. The number of anilines is 1. The van der Waals surface area contributed by atoms with Crippen molar-refractivity contribution in [3.05, 3.63) is 24.3 Å². The Morgan fingerprint density at radius 1 is 1.30 bits per heavy atom. The zero-order chi connectivity index (χ0) is 14.8. The SMILES string of the molecule is CNS(=O)(=O)c1ccccc1N[C@H]1CC[C@@H](C(=O)O)C1. The van der Waals surface area contributed by atoms with E-state index in [0.29, 0.717) is 18.5 Å². The topological polar surface area (TPSA) is 95.5 Å². The molecule has 1 aliphatic rings. The molecule has 110 valence electrons. The zero-order valence-electron chi connectivity index (χ0n) is 11.2. The summed E-state index contributed by atoms with van der Waals surface area (Å²) in [5.74, 6) is -1.13. The summed E-state index contributed by atoms with van der Waals surface area (Å²) in [5, 5.41) is 12.1. The van der Waals surface area contributed by atoms with Gasteiger partial charge in [-0.2, -0.15) is 0 Å². The van der Waals surface area contributed by atoms with Crippen molar-refractivity contribution >= 4 is 21.7 Å². The lowest BCUT2D eigenvalue weighted by Crippen LogP contribution is -2.23. The molecule has 2 atom stereocenters. The number of para-hydroxylation sites is 1. The lowest BCUT2D eigenvalue weighted by molar-refractivity contribution is -0.141. The fourth-order valence-corrected chi connectivity index (χ4v) is 3.38. The molecule has 0 radical (unpaired) electrons. The molecule has 0 unspecified atom stereocenters. The highest BCUT2D eigenvalue weighted by atomic mass is 32.2. The molecule has 6 nitrogen and oxygen atoms in total. The fraction of sp³-hybridized carbons (Fsp3) is 0.462. The molecule has 0 bridgehead atoms. The van der Waals surface area contributed by atoms with E-state index in [4.69, 9.17) is 5.11 Å². The van der Waals surface area contributed by atoms with E-state index in [1.807, 2.05) is 0 Å². The summed E-state index contributed by atoms with van der Waals surface area (Å²) in [4.78, 5) is 11.1. The quantitative estimate of drug-likeness (QED) is 0.760. The van der Waals surface area contributed by atoms with Gasteiger partial charge in [-0.25, -0.2) is 13.1 Å². The van der Waals surface area contributed by atoms with Crippen LogP contribution in [0.2, 0.25) is 0 Å². The number of carboxylic acids is 1. The molecule has 2 rings (SSSR count). The van der Waals surface area contributed by atoms with Crippen molar-refractivity contribution in [2.75, 3.05) is 12.4 Å². The van der Waals surface area contributed by atoms with Crippen LogP contribution in [0, 0.1) is 5.92 Å². The molecule has 0 aromatic heterocycles. The van der Waals surface area contributed by atoms with Gasteiger partial charge in [-0.05, 0) is 38.4 Å². The van der Waals surface area contributed by atoms with Crippen LogP contribution < -0.4 is 10.0 Å². The Balaban J connectivity index is 2.17. The molecule has 0 saturated heterocycles. The van der Waals surface area contributed by atoms with E-state index in [9.17, 15) is 13.2 Å². The monoisotopic (exact) mass is 298 g/mol. The minimum Gasteiger partial charge on any atom is -0.481 e. The van der Waals surface area contributed by atoms with Crippen molar-refractivity contribution in [3.63, 3.8) is 0 Å². The third kappa shape index (κ3) is 3.10. The van der Waals surface area contributed by atoms with Crippen molar-refractivity contribution in [1.82, 2.24) is 4.72 Å². The maximum absolute atomic E-state index is 11.9. The summed E-state index contributed by atoms with van der Waals surface area (Å²) in [6.07, 6.45) is 1.86. The van der Waals surface area contributed by atoms with Gasteiger partial charge in [0.15, 0.2) is 0 Å². The van der Waals surface area contributed by atoms with Gasteiger partial charge in [-0.3, -0.25) is 4.79 Å². The first-order valence-corrected chi connectivity index (χ1v) is 7.94. The first-order chi connectivity index (χ1) is 9.44. The van der Waals surface area contributed by atoms with Crippen LogP contribution in [0.1, 0.15) is 19.3 Å². The Morgan fingerprint density at radius 2 is 2.00 bits per heavy atom. The number of carbonyl (C=O) groups is 1. The lowest BCUT2D eigenvalue weighted by atomic mass is 10.1. The van der Waals surface area contributed by atoms with E-state index in [1.54, 1.807) is 18.2 Å². The van der Waals surface area contributed by atoms with Crippen LogP contribution >= 0.6 is 0 Å². The first-order valence-electron chi connectivity index (χ1n) is 6.46. The normalized spacial score (nSPS) is 22.6. The van der Waals surface area contributed by atoms with Crippen LogP contribution in [0.4, 0.5) is 5.69 Å². The van der Waals surface area contributed by atoms with Crippen molar-refractivity contribution in [2.45, 2.75) is 30.2 Å². The van der Waals surface area contributed by atoms with Crippen LogP contribution in [-0.4, -0.2) is 32.6 Å². The fourth-order valence-electron chi connectivity index (χ4n) is 2.49. The number of aliphatic carboxylic acids is 1. The summed E-state index contributed by atoms with van der Waals surface area (Å²) in [6, 6.07) is 6.62. The number of nitrogens with one attached hydrogen (secondary N) is 2. The second-order valence-electron chi connectivity index (χ2n) is 4.89. The first kappa shape index (κ1) is 14.8. The molecule has 3 N–H and O–H groups in total. The van der Waals surface area contributed by atoms with E-state index in [2.05, 4.69) is 10.0 Å². The maximum Gasteiger partial charge on any atom is 0.306 e. The van der Waals surface area contributed by atoms with Crippen molar-refractivity contribution < 1.29 is 18.3 Å². The number of benzene rings is 1. The Labute approximate surface area is 118 Å². The molecule has 1 saturated carbocycles. The summed E-state index contributed by atoms with van der Waals surface area (Å²) in [7, 11) is -2.17. The second-order valence-corrected chi connectivity index (χ2v) is 6.75. The van der Waals surface area contributed by atoms with Gasteiger partial charge in [0.2, 0.25) is 10.0 Å². The Morgan fingerprint density at radius 3 is 2.60 bits per heavy atom. The Bertz CT molecular complexity index is 600. The van der Waals surface area contributed by atoms with Crippen LogP contribution in [-0.2, 0) is 14.8 Å². The molecule has 1 aliphatic carbocycles. The van der Waals surface area contributed by atoms with Gasteiger partial charge in [-0.1, -0.05) is 12.1 Å². The summed E-state index contributed by atoms with van der Waals surface area (Å²) >= 11 is 0. The van der Waals surface area contributed by atoms with E-state index >= 15 is 0 Å². The van der Waals surface area contributed by atoms with Crippen LogP contribution in [0.5, 0.6) is 0 Å². The van der Waals surface area contributed by atoms with Crippen LogP contribution in [0.25, 0.3) is 0 Å².